The second-order valence-corrected chi connectivity index (χ2v) is 5.85. The molecule has 0 saturated carbocycles. The van der Waals surface area contributed by atoms with Crippen molar-refractivity contribution in [3.05, 3.63) is 29.6 Å². The number of nitrogens with zero attached hydrogens (tertiary/aromatic N) is 2. The number of fused-ring (bicyclic) bond motifs is 1. The van der Waals surface area contributed by atoms with E-state index in [0.717, 1.165) is 24.2 Å². The molecule has 0 aliphatic carbocycles. The van der Waals surface area contributed by atoms with Crippen molar-refractivity contribution in [1.29, 1.82) is 0 Å². The molecule has 2 rings (SSSR count). The Hall–Kier alpha value is -2.17. The standard InChI is InChI=1S/C18H24N2O3/c1-5-12(6-2)17-19-14-10-13(16(21)7-3)8-9-15(14)20(17)11(4)18(22)23/h8-12H,5-7H2,1-4H3,(H,22,23). The minimum atomic E-state index is -0.884. The normalized spacial score (nSPS) is 12.7. The minimum absolute atomic E-state index is 0.0665. The van der Waals surface area contributed by atoms with Crippen LogP contribution in [0.25, 0.3) is 11.0 Å². The van der Waals surface area contributed by atoms with Crippen LogP contribution in [-0.2, 0) is 4.79 Å². The SMILES string of the molecule is CCC(=O)c1ccc2c(c1)nc(C(CC)CC)n2C(C)C(=O)O. The zero-order valence-corrected chi connectivity index (χ0v) is 14.2. The fourth-order valence-electron chi connectivity index (χ4n) is 2.95. The highest BCUT2D eigenvalue weighted by molar-refractivity contribution is 5.99. The van der Waals surface area contributed by atoms with E-state index in [1.165, 1.54) is 0 Å². The second-order valence-electron chi connectivity index (χ2n) is 5.85. The van der Waals surface area contributed by atoms with Gasteiger partial charge in [-0.2, -0.15) is 0 Å². The number of imidazole rings is 1. The first-order chi connectivity index (χ1) is 10.9. The van der Waals surface area contributed by atoms with Crippen molar-refractivity contribution in [2.24, 2.45) is 0 Å². The smallest absolute Gasteiger partial charge is 0.326 e. The number of ketones is 1. The molecule has 1 aromatic carbocycles. The molecule has 2 aromatic rings. The van der Waals surface area contributed by atoms with Gasteiger partial charge in [0.1, 0.15) is 11.9 Å². The van der Waals surface area contributed by atoms with Crippen LogP contribution in [0.5, 0.6) is 0 Å². The summed E-state index contributed by atoms with van der Waals surface area (Å²) in [4.78, 5) is 28.1. The molecule has 1 heterocycles. The van der Waals surface area contributed by atoms with Gasteiger partial charge in [0.25, 0.3) is 0 Å². The highest BCUT2D eigenvalue weighted by Gasteiger charge is 2.24. The number of aromatic nitrogens is 2. The molecule has 0 aliphatic heterocycles. The number of rotatable bonds is 7. The lowest BCUT2D eigenvalue weighted by molar-refractivity contribution is -0.140. The largest absolute Gasteiger partial charge is 0.480 e. The van der Waals surface area contributed by atoms with Crippen molar-refractivity contribution in [3.8, 4) is 0 Å². The molecule has 1 aromatic heterocycles. The van der Waals surface area contributed by atoms with Gasteiger partial charge in [0, 0.05) is 17.9 Å². The van der Waals surface area contributed by atoms with E-state index in [1.807, 2.05) is 13.0 Å². The number of benzene rings is 1. The summed E-state index contributed by atoms with van der Waals surface area (Å²) in [6, 6.07) is 4.66. The first-order valence-corrected chi connectivity index (χ1v) is 8.22. The Labute approximate surface area is 136 Å². The van der Waals surface area contributed by atoms with Crippen LogP contribution >= 0.6 is 0 Å². The zero-order valence-electron chi connectivity index (χ0n) is 14.2. The molecule has 0 spiro atoms. The number of aliphatic carboxylic acids is 1. The van der Waals surface area contributed by atoms with Gasteiger partial charge in [0.2, 0.25) is 0 Å². The van der Waals surface area contributed by atoms with E-state index in [4.69, 9.17) is 0 Å². The molecule has 0 amide bonds. The average Bonchev–Trinajstić information content (AvgIpc) is 2.92. The van der Waals surface area contributed by atoms with E-state index in [1.54, 1.807) is 23.6 Å². The first kappa shape index (κ1) is 17.2. The van der Waals surface area contributed by atoms with Crippen molar-refractivity contribution in [3.63, 3.8) is 0 Å². The third-order valence-electron chi connectivity index (χ3n) is 4.46. The Balaban J connectivity index is 2.69. The lowest BCUT2D eigenvalue weighted by Gasteiger charge is -2.18. The number of carbonyl (C=O) groups is 2. The van der Waals surface area contributed by atoms with Gasteiger partial charge in [-0.15, -0.1) is 0 Å². The summed E-state index contributed by atoms with van der Waals surface area (Å²) >= 11 is 0. The molecule has 1 atom stereocenters. The maximum atomic E-state index is 11.9. The van der Waals surface area contributed by atoms with Gasteiger partial charge in [-0.1, -0.05) is 20.8 Å². The van der Waals surface area contributed by atoms with Crippen molar-refractivity contribution in [2.75, 3.05) is 0 Å². The van der Waals surface area contributed by atoms with Gasteiger partial charge < -0.3 is 9.67 Å². The summed E-state index contributed by atoms with van der Waals surface area (Å²) in [6.45, 7) is 7.65. The number of hydrogen-bond acceptors (Lipinski definition) is 3. The summed E-state index contributed by atoms with van der Waals surface area (Å²) < 4.78 is 1.80. The van der Waals surface area contributed by atoms with Gasteiger partial charge in [-0.05, 0) is 38.0 Å². The van der Waals surface area contributed by atoms with E-state index in [0.29, 0.717) is 17.5 Å². The molecule has 1 N–H and O–H groups in total. The lowest BCUT2D eigenvalue weighted by atomic mass is 10.0. The Kier molecular flexibility index (Phi) is 5.19. The fourth-order valence-corrected chi connectivity index (χ4v) is 2.95. The van der Waals surface area contributed by atoms with Crippen LogP contribution in [0.3, 0.4) is 0 Å². The van der Waals surface area contributed by atoms with E-state index in [-0.39, 0.29) is 11.7 Å². The topological polar surface area (TPSA) is 72.2 Å². The van der Waals surface area contributed by atoms with E-state index in [9.17, 15) is 14.7 Å². The average molecular weight is 316 g/mol. The molecule has 0 saturated heterocycles. The van der Waals surface area contributed by atoms with Crippen LogP contribution in [0.15, 0.2) is 18.2 Å². The molecule has 1 unspecified atom stereocenters. The maximum absolute atomic E-state index is 11.9. The summed E-state index contributed by atoms with van der Waals surface area (Å²) in [5.41, 5.74) is 2.09. The highest BCUT2D eigenvalue weighted by atomic mass is 16.4. The summed E-state index contributed by atoms with van der Waals surface area (Å²) in [5.74, 6) is 0.178. The molecular weight excluding hydrogens is 292 g/mol. The van der Waals surface area contributed by atoms with Crippen LogP contribution in [0.4, 0.5) is 0 Å². The number of carboxylic acids is 1. The monoisotopic (exact) mass is 316 g/mol. The molecule has 0 bridgehead atoms. The molecule has 0 aliphatic rings. The molecule has 0 radical (unpaired) electrons. The Morgan fingerprint density at radius 1 is 1.22 bits per heavy atom. The summed E-state index contributed by atoms with van der Waals surface area (Å²) in [5, 5.41) is 9.44. The molecule has 23 heavy (non-hydrogen) atoms. The Morgan fingerprint density at radius 2 is 1.87 bits per heavy atom. The van der Waals surface area contributed by atoms with Crippen LogP contribution in [0, 0.1) is 0 Å². The van der Waals surface area contributed by atoms with Crippen LogP contribution < -0.4 is 0 Å². The first-order valence-electron chi connectivity index (χ1n) is 8.22. The van der Waals surface area contributed by atoms with E-state index < -0.39 is 12.0 Å². The van der Waals surface area contributed by atoms with Crippen molar-refractivity contribution in [1.82, 2.24) is 9.55 Å². The predicted molar refractivity (Wildman–Crippen MR) is 90.0 cm³/mol. The Bertz CT molecular complexity index is 729. The molecule has 5 heteroatoms. The number of carboxylic acid groups (broad SMARTS) is 1. The number of Topliss-reactive ketones (excluding diaryl/α,β-unsaturated/α-hetero) is 1. The maximum Gasteiger partial charge on any atom is 0.326 e. The third kappa shape index (κ3) is 3.14. The summed E-state index contributed by atoms with van der Waals surface area (Å²) in [7, 11) is 0. The lowest BCUT2D eigenvalue weighted by Crippen LogP contribution is -2.19. The van der Waals surface area contributed by atoms with Gasteiger partial charge in [0.05, 0.1) is 11.0 Å². The van der Waals surface area contributed by atoms with E-state index in [2.05, 4.69) is 18.8 Å². The van der Waals surface area contributed by atoms with Gasteiger partial charge in [-0.25, -0.2) is 9.78 Å². The Morgan fingerprint density at radius 3 is 2.39 bits per heavy atom. The molecule has 0 fully saturated rings. The number of carbonyl (C=O) groups excluding carboxylic acids is 1. The highest BCUT2D eigenvalue weighted by Crippen LogP contribution is 2.30. The molecular formula is C18H24N2O3. The third-order valence-corrected chi connectivity index (χ3v) is 4.46. The van der Waals surface area contributed by atoms with Crippen molar-refractivity contribution < 1.29 is 14.7 Å². The summed E-state index contributed by atoms with van der Waals surface area (Å²) in [6.07, 6.45) is 2.23. The van der Waals surface area contributed by atoms with Gasteiger partial charge in [0.15, 0.2) is 5.78 Å². The fraction of sp³-hybridized carbons (Fsp3) is 0.500. The van der Waals surface area contributed by atoms with Crippen LogP contribution in [-0.4, -0.2) is 26.4 Å². The van der Waals surface area contributed by atoms with Crippen molar-refractivity contribution >= 4 is 22.8 Å². The van der Waals surface area contributed by atoms with Crippen LogP contribution in [0.1, 0.15) is 75.1 Å². The van der Waals surface area contributed by atoms with Crippen LogP contribution in [0.2, 0.25) is 0 Å². The van der Waals surface area contributed by atoms with Gasteiger partial charge >= 0.3 is 5.97 Å². The quantitative estimate of drug-likeness (QED) is 0.778. The molecule has 124 valence electrons. The predicted octanol–water partition coefficient (Wildman–Crippen LogP) is 4.18. The minimum Gasteiger partial charge on any atom is -0.480 e. The van der Waals surface area contributed by atoms with Crippen molar-refractivity contribution in [2.45, 2.75) is 58.9 Å². The second kappa shape index (κ2) is 6.94. The zero-order chi connectivity index (χ0) is 17.1. The number of hydrogen-bond donors (Lipinski definition) is 1. The van der Waals surface area contributed by atoms with Gasteiger partial charge in [-0.3, -0.25) is 4.79 Å². The molecule has 5 nitrogen and oxygen atoms in total. The van der Waals surface area contributed by atoms with E-state index >= 15 is 0 Å².